The first-order valence-electron chi connectivity index (χ1n) is 8.84. The number of aromatic nitrogens is 1. The highest BCUT2D eigenvalue weighted by Gasteiger charge is 2.53. The molecule has 4 rings (SSSR count). The van der Waals surface area contributed by atoms with Gasteiger partial charge in [-0.2, -0.15) is 0 Å². The molecule has 2 aliphatic rings. The Labute approximate surface area is 153 Å². The molecule has 1 saturated carbocycles. The number of hydrogen-bond acceptors (Lipinski definition) is 3. The molecular formula is C20H22ClN3O. The Morgan fingerprint density at radius 2 is 1.64 bits per heavy atom. The highest BCUT2D eigenvalue weighted by atomic mass is 35.5. The summed E-state index contributed by atoms with van der Waals surface area (Å²) in [4.78, 5) is 21.6. The molecule has 2 fully saturated rings. The van der Waals surface area contributed by atoms with Gasteiger partial charge in [0.25, 0.3) is 0 Å². The molecule has 5 heteroatoms. The van der Waals surface area contributed by atoms with Crippen molar-refractivity contribution in [2.45, 2.75) is 24.8 Å². The molecule has 0 atom stereocenters. The highest BCUT2D eigenvalue weighted by molar-refractivity contribution is 6.30. The quantitative estimate of drug-likeness (QED) is 0.845. The minimum atomic E-state index is -0.294. The van der Waals surface area contributed by atoms with Crippen LogP contribution in [0.25, 0.3) is 0 Å². The zero-order valence-electron chi connectivity index (χ0n) is 14.2. The summed E-state index contributed by atoms with van der Waals surface area (Å²) in [6.45, 7) is 4.38. The van der Waals surface area contributed by atoms with Crippen molar-refractivity contribution in [1.29, 1.82) is 0 Å². The zero-order valence-corrected chi connectivity index (χ0v) is 15.0. The molecule has 1 aromatic carbocycles. The van der Waals surface area contributed by atoms with E-state index in [1.54, 1.807) is 0 Å². The molecule has 2 aromatic rings. The summed E-state index contributed by atoms with van der Waals surface area (Å²) in [5.74, 6) is 0.290. The maximum atomic E-state index is 13.1. The highest BCUT2D eigenvalue weighted by Crippen LogP contribution is 2.49. The number of pyridine rings is 1. The van der Waals surface area contributed by atoms with Crippen LogP contribution in [0.2, 0.25) is 5.02 Å². The molecule has 0 radical (unpaired) electrons. The number of rotatable bonds is 4. The number of carbonyl (C=O) groups is 1. The van der Waals surface area contributed by atoms with Gasteiger partial charge in [-0.05, 0) is 48.2 Å². The maximum Gasteiger partial charge on any atom is 0.233 e. The fourth-order valence-corrected chi connectivity index (χ4v) is 3.80. The van der Waals surface area contributed by atoms with Crippen LogP contribution in [0.5, 0.6) is 0 Å². The van der Waals surface area contributed by atoms with Crippen molar-refractivity contribution in [3.63, 3.8) is 0 Å². The lowest BCUT2D eigenvalue weighted by Crippen LogP contribution is -2.51. The molecule has 130 valence electrons. The minimum Gasteiger partial charge on any atom is -0.339 e. The van der Waals surface area contributed by atoms with Gasteiger partial charge in [-0.3, -0.25) is 14.7 Å². The second-order valence-electron chi connectivity index (χ2n) is 7.01. The monoisotopic (exact) mass is 355 g/mol. The molecule has 1 saturated heterocycles. The van der Waals surface area contributed by atoms with Crippen molar-refractivity contribution < 1.29 is 4.79 Å². The van der Waals surface area contributed by atoms with Gasteiger partial charge in [-0.1, -0.05) is 23.7 Å². The fourth-order valence-electron chi connectivity index (χ4n) is 3.68. The van der Waals surface area contributed by atoms with E-state index in [0.717, 1.165) is 56.2 Å². The molecule has 1 aromatic heterocycles. The van der Waals surface area contributed by atoms with Gasteiger partial charge in [0.1, 0.15) is 0 Å². The van der Waals surface area contributed by atoms with Gasteiger partial charge in [0.05, 0.1) is 5.41 Å². The molecule has 2 heterocycles. The van der Waals surface area contributed by atoms with Crippen LogP contribution in [-0.2, 0) is 16.8 Å². The van der Waals surface area contributed by atoms with Crippen LogP contribution in [0.1, 0.15) is 24.0 Å². The molecule has 0 bridgehead atoms. The molecule has 0 N–H and O–H groups in total. The Bertz CT molecular complexity index is 735. The van der Waals surface area contributed by atoms with Gasteiger partial charge in [-0.25, -0.2) is 0 Å². The average Bonchev–Trinajstić information content (AvgIpc) is 3.45. The summed E-state index contributed by atoms with van der Waals surface area (Å²) in [7, 11) is 0. The van der Waals surface area contributed by atoms with Gasteiger partial charge in [0.15, 0.2) is 0 Å². The molecule has 1 amide bonds. The first kappa shape index (κ1) is 16.6. The summed E-state index contributed by atoms with van der Waals surface area (Å²) in [5.41, 5.74) is 2.09. The third kappa shape index (κ3) is 3.42. The number of nitrogens with zero attached hydrogens (tertiary/aromatic N) is 3. The van der Waals surface area contributed by atoms with Crippen LogP contribution in [-0.4, -0.2) is 46.9 Å². The van der Waals surface area contributed by atoms with Crippen molar-refractivity contribution in [2.24, 2.45) is 0 Å². The number of halogens is 1. The van der Waals surface area contributed by atoms with E-state index in [4.69, 9.17) is 11.6 Å². The van der Waals surface area contributed by atoms with Crippen molar-refractivity contribution in [3.8, 4) is 0 Å². The maximum absolute atomic E-state index is 13.1. The number of carbonyl (C=O) groups excluding carboxylic acids is 1. The topological polar surface area (TPSA) is 36.4 Å². The van der Waals surface area contributed by atoms with Gasteiger partial charge >= 0.3 is 0 Å². The third-order valence-corrected chi connectivity index (χ3v) is 5.62. The standard InChI is InChI=1S/C20H22ClN3O/c21-18-3-1-17(2-4-18)20(7-8-20)19(25)24-13-11-23(12-14-24)15-16-5-9-22-10-6-16/h1-6,9-10H,7-8,11-15H2. The lowest BCUT2D eigenvalue weighted by molar-refractivity contribution is -0.135. The van der Waals surface area contributed by atoms with E-state index in [2.05, 4.69) is 22.0 Å². The molecule has 0 spiro atoms. The first-order valence-corrected chi connectivity index (χ1v) is 9.22. The van der Waals surface area contributed by atoms with Crippen LogP contribution in [0.4, 0.5) is 0 Å². The van der Waals surface area contributed by atoms with Gasteiger partial charge in [0, 0.05) is 50.1 Å². The summed E-state index contributed by atoms with van der Waals surface area (Å²) in [6.07, 6.45) is 5.56. The van der Waals surface area contributed by atoms with Gasteiger partial charge in [0.2, 0.25) is 5.91 Å². The minimum absolute atomic E-state index is 0.290. The number of benzene rings is 1. The average molecular weight is 356 g/mol. The Hall–Kier alpha value is -1.91. The van der Waals surface area contributed by atoms with E-state index < -0.39 is 0 Å². The van der Waals surface area contributed by atoms with Crippen molar-refractivity contribution in [2.75, 3.05) is 26.2 Å². The van der Waals surface area contributed by atoms with Crippen LogP contribution in [0, 0.1) is 0 Å². The fraction of sp³-hybridized carbons (Fsp3) is 0.400. The summed E-state index contributed by atoms with van der Waals surface area (Å²) in [5, 5.41) is 0.719. The molecule has 1 aliphatic carbocycles. The van der Waals surface area contributed by atoms with E-state index in [-0.39, 0.29) is 5.41 Å². The first-order chi connectivity index (χ1) is 12.2. The molecule has 1 aliphatic heterocycles. The second kappa shape index (κ2) is 6.77. The van der Waals surface area contributed by atoms with Gasteiger partial charge in [-0.15, -0.1) is 0 Å². The number of piperazine rings is 1. The third-order valence-electron chi connectivity index (χ3n) is 5.37. The normalized spacial score (nSPS) is 19.6. The van der Waals surface area contributed by atoms with E-state index in [1.807, 2.05) is 41.6 Å². The van der Waals surface area contributed by atoms with E-state index in [9.17, 15) is 4.79 Å². The Morgan fingerprint density at radius 3 is 2.24 bits per heavy atom. The predicted octanol–water partition coefficient (Wildman–Crippen LogP) is 3.11. The second-order valence-corrected chi connectivity index (χ2v) is 7.45. The molecule has 0 unspecified atom stereocenters. The van der Waals surface area contributed by atoms with Crippen LogP contribution in [0.15, 0.2) is 48.8 Å². The number of hydrogen-bond donors (Lipinski definition) is 0. The Kier molecular flexibility index (Phi) is 4.48. The largest absolute Gasteiger partial charge is 0.339 e. The van der Waals surface area contributed by atoms with E-state index in [0.29, 0.717) is 5.91 Å². The van der Waals surface area contributed by atoms with Gasteiger partial charge < -0.3 is 4.90 Å². The zero-order chi connectivity index (χ0) is 17.3. The van der Waals surface area contributed by atoms with Crippen LogP contribution < -0.4 is 0 Å². The predicted molar refractivity (Wildman–Crippen MR) is 98.5 cm³/mol. The van der Waals surface area contributed by atoms with Crippen molar-refractivity contribution in [1.82, 2.24) is 14.8 Å². The van der Waals surface area contributed by atoms with Crippen LogP contribution in [0.3, 0.4) is 0 Å². The molecule has 25 heavy (non-hydrogen) atoms. The summed E-state index contributed by atoms with van der Waals surface area (Å²) >= 11 is 5.99. The van der Waals surface area contributed by atoms with Crippen LogP contribution >= 0.6 is 11.6 Å². The smallest absolute Gasteiger partial charge is 0.233 e. The summed E-state index contributed by atoms with van der Waals surface area (Å²) < 4.78 is 0. The van der Waals surface area contributed by atoms with Crippen molar-refractivity contribution >= 4 is 17.5 Å². The Balaban J connectivity index is 1.37. The Morgan fingerprint density at radius 1 is 1.00 bits per heavy atom. The molecule has 4 nitrogen and oxygen atoms in total. The lowest BCUT2D eigenvalue weighted by Gasteiger charge is -2.36. The van der Waals surface area contributed by atoms with E-state index in [1.165, 1.54) is 5.56 Å². The molecular weight excluding hydrogens is 334 g/mol. The summed E-state index contributed by atoms with van der Waals surface area (Å²) in [6, 6.07) is 11.9. The van der Waals surface area contributed by atoms with Crippen molar-refractivity contribution in [3.05, 3.63) is 64.9 Å². The van der Waals surface area contributed by atoms with E-state index >= 15 is 0 Å². The lowest BCUT2D eigenvalue weighted by atomic mass is 9.94. The SMILES string of the molecule is O=C(N1CCN(Cc2ccncc2)CC1)C1(c2ccc(Cl)cc2)CC1. The number of amides is 1.